The van der Waals surface area contributed by atoms with Gasteiger partial charge in [-0.2, -0.15) is 0 Å². The molecule has 1 aliphatic rings. The molecule has 1 aromatic heterocycles. The molecule has 0 saturated carbocycles. The van der Waals surface area contributed by atoms with Gasteiger partial charge in [0.1, 0.15) is 0 Å². The van der Waals surface area contributed by atoms with Crippen LogP contribution in [0.4, 0.5) is 5.13 Å². The number of thioether (sulfide) groups is 1. The Balaban J connectivity index is 1.58. The lowest BCUT2D eigenvalue weighted by Crippen LogP contribution is -2.39. The Morgan fingerprint density at radius 3 is 2.66 bits per heavy atom. The lowest BCUT2D eigenvalue weighted by atomic mass is 10.1. The van der Waals surface area contributed by atoms with Crippen LogP contribution in [-0.4, -0.2) is 60.9 Å². The SMILES string of the molecule is CCSc1ccc(C(=O)N(CCCN2CCOCC2)c2nc3c(C)cc(C)cc3s2)cc1. The molecule has 1 fully saturated rings. The van der Waals surface area contributed by atoms with Gasteiger partial charge < -0.3 is 4.74 Å². The summed E-state index contributed by atoms with van der Waals surface area (Å²) in [5, 5.41) is 0.785. The van der Waals surface area contributed by atoms with Gasteiger partial charge in [0.15, 0.2) is 5.13 Å². The number of fused-ring (bicyclic) bond motifs is 1. The first-order valence-corrected chi connectivity index (χ1v) is 13.1. The van der Waals surface area contributed by atoms with Crippen molar-refractivity contribution in [1.29, 1.82) is 0 Å². The molecular formula is C25H31N3O2S2. The summed E-state index contributed by atoms with van der Waals surface area (Å²) in [4.78, 5) is 24.0. The van der Waals surface area contributed by atoms with E-state index < -0.39 is 0 Å². The molecule has 1 amide bonds. The van der Waals surface area contributed by atoms with Crippen LogP contribution in [0.1, 0.15) is 34.8 Å². The van der Waals surface area contributed by atoms with Crippen molar-refractivity contribution in [2.75, 3.05) is 50.0 Å². The number of amides is 1. The van der Waals surface area contributed by atoms with Gasteiger partial charge in [0.05, 0.1) is 23.4 Å². The first-order chi connectivity index (χ1) is 15.5. The van der Waals surface area contributed by atoms with Crippen LogP contribution in [0.5, 0.6) is 0 Å². The predicted octanol–water partition coefficient (Wildman–Crippen LogP) is 5.39. The van der Waals surface area contributed by atoms with Crippen LogP contribution in [0, 0.1) is 13.8 Å². The fourth-order valence-corrected chi connectivity index (χ4v) is 5.88. The Morgan fingerprint density at radius 1 is 1.19 bits per heavy atom. The fraction of sp³-hybridized carbons (Fsp3) is 0.440. The van der Waals surface area contributed by atoms with Crippen molar-refractivity contribution in [1.82, 2.24) is 9.88 Å². The molecule has 0 spiro atoms. The average Bonchev–Trinajstić information content (AvgIpc) is 3.22. The van der Waals surface area contributed by atoms with Crippen LogP contribution in [-0.2, 0) is 4.74 Å². The largest absolute Gasteiger partial charge is 0.379 e. The topological polar surface area (TPSA) is 45.7 Å². The number of rotatable bonds is 8. The summed E-state index contributed by atoms with van der Waals surface area (Å²) in [6, 6.07) is 12.3. The Morgan fingerprint density at radius 2 is 1.94 bits per heavy atom. The average molecular weight is 470 g/mol. The van der Waals surface area contributed by atoms with Crippen LogP contribution in [0.2, 0.25) is 0 Å². The van der Waals surface area contributed by atoms with E-state index in [9.17, 15) is 4.79 Å². The van der Waals surface area contributed by atoms with E-state index in [1.807, 2.05) is 29.2 Å². The molecule has 170 valence electrons. The van der Waals surface area contributed by atoms with Crippen molar-refractivity contribution in [2.24, 2.45) is 0 Å². The van der Waals surface area contributed by atoms with Crippen LogP contribution in [0.25, 0.3) is 10.2 Å². The number of carbonyl (C=O) groups excluding carboxylic acids is 1. The Hall–Kier alpha value is -1.93. The summed E-state index contributed by atoms with van der Waals surface area (Å²) in [5.74, 6) is 1.04. The Labute approximate surface area is 198 Å². The molecule has 7 heteroatoms. The van der Waals surface area contributed by atoms with E-state index in [0.717, 1.165) is 65.9 Å². The molecular weight excluding hydrogens is 438 g/mol. The van der Waals surface area contributed by atoms with Gasteiger partial charge in [0.25, 0.3) is 5.91 Å². The van der Waals surface area contributed by atoms with E-state index in [1.54, 1.807) is 23.1 Å². The number of nitrogens with zero attached hydrogens (tertiary/aromatic N) is 3. The third kappa shape index (κ3) is 5.52. The van der Waals surface area contributed by atoms with Gasteiger partial charge in [0, 0.05) is 36.6 Å². The van der Waals surface area contributed by atoms with Gasteiger partial charge in [-0.05, 0) is 67.5 Å². The molecule has 1 aliphatic heterocycles. The normalized spacial score (nSPS) is 14.7. The minimum absolute atomic E-state index is 0.0217. The molecule has 32 heavy (non-hydrogen) atoms. The maximum atomic E-state index is 13.6. The minimum atomic E-state index is 0.0217. The summed E-state index contributed by atoms with van der Waals surface area (Å²) in [6.45, 7) is 11.5. The summed E-state index contributed by atoms with van der Waals surface area (Å²) >= 11 is 3.40. The van der Waals surface area contributed by atoms with Gasteiger partial charge in [-0.3, -0.25) is 14.6 Å². The number of thiazole rings is 1. The number of aryl methyl sites for hydroxylation is 2. The standard InChI is InChI=1S/C25H31N3O2S2/c1-4-31-21-8-6-20(7-9-21)24(29)28(11-5-10-27-12-14-30-15-13-27)25-26-23-19(3)16-18(2)17-22(23)32-25/h6-9,16-17H,4-5,10-15H2,1-3H3. The predicted molar refractivity (Wildman–Crippen MR) is 135 cm³/mol. The van der Waals surface area contributed by atoms with Crippen molar-refractivity contribution < 1.29 is 9.53 Å². The molecule has 0 atom stereocenters. The zero-order valence-corrected chi connectivity index (χ0v) is 20.7. The van der Waals surface area contributed by atoms with Crippen molar-refractivity contribution in [3.8, 4) is 0 Å². The van der Waals surface area contributed by atoms with Gasteiger partial charge in [-0.1, -0.05) is 24.3 Å². The highest BCUT2D eigenvalue weighted by atomic mass is 32.2. The number of carbonyl (C=O) groups is 1. The van der Waals surface area contributed by atoms with Crippen molar-refractivity contribution >= 4 is 44.4 Å². The first-order valence-electron chi connectivity index (χ1n) is 11.3. The molecule has 0 unspecified atom stereocenters. The Bertz CT molecular complexity index is 1060. The second-order valence-corrected chi connectivity index (χ2v) is 10.5. The van der Waals surface area contributed by atoms with Crippen molar-refractivity contribution in [2.45, 2.75) is 32.1 Å². The molecule has 0 aliphatic carbocycles. The van der Waals surface area contributed by atoms with Gasteiger partial charge in [0.2, 0.25) is 0 Å². The zero-order valence-electron chi connectivity index (χ0n) is 19.1. The van der Waals surface area contributed by atoms with Crippen LogP contribution >= 0.6 is 23.1 Å². The van der Waals surface area contributed by atoms with Crippen LogP contribution in [0.15, 0.2) is 41.3 Å². The molecule has 1 saturated heterocycles. The molecule has 2 aromatic carbocycles. The first kappa shape index (κ1) is 23.2. The quantitative estimate of drug-likeness (QED) is 0.414. The second kappa shape index (κ2) is 10.8. The van der Waals surface area contributed by atoms with E-state index >= 15 is 0 Å². The summed E-state index contributed by atoms with van der Waals surface area (Å²) in [7, 11) is 0. The summed E-state index contributed by atoms with van der Waals surface area (Å²) in [6.07, 6.45) is 0.906. The Kier molecular flexibility index (Phi) is 7.84. The highest BCUT2D eigenvalue weighted by Gasteiger charge is 2.22. The summed E-state index contributed by atoms with van der Waals surface area (Å²) < 4.78 is 6.59. The third-order valence-corrected chi connectivity index (χ3v) is 7.59. The smallest absolute Gasteiger partial charge is 0.260 e. The van der Waals surface area contributed by atoms with E-state index in [4.69, 9.17) is 9.72 Å². The highest BCUT2D eigenvalue weighted by molar-refractivity contribution is 7.99. The monoisotopic (exact) mass is 469 g/mol. The number of ether oxygens (including phenoxy) is 1. The van der Waals surface area contributed by atoms with Gasteiger partial charge >= 0.3 is 0 Å². The maximum absolute atomic E-state index is 13.6. The van der Waals surface area contributed by atoms with E-state index in [0.29, 0.717) is 12.1 Å². The molecule has 0 radical (unpaired) electrons. The van der Waals surface area contributed by atoms with Crippen LogP contribution in [0.3, 0.4) is 0 Å². The third-order valence-electron chi connectivity index (χ3n) is 5.67. The lowest BCUT2D eigenvalue weighted by Gasteiger charge is -2.27. The number of morpholine rings is 1. The molecule has 0 bridgehead atoms. The van der Waals surface area contributed by atoms with E-state index in [2.05, 4.69) is 37.8 Å². The molecule has 2 heterocycles. The van der Waals surface area contributed by atoms with Crippen molar-refractivity contribution in [3.63, 3.8) is 0 Å². The lowest BCUT2D eigenvalue weighted by molar-refractivity contribution is 0.0376. The summed E-state index contributed by atoms with van der Waals surface area (Å²) in [5.41, 5.74) is 4.09. The minimum Gasteiger partial charge on any atom is -0.379 e. The maximum Gasteiger partial charge on any atom is 0.260 e. The molecule has 5 nitrogen and oxygen atoms in total. The number of hydrogen-bond acceptors (Lipinski definition) is 6. The zero-order chi connectivity index (χ0) is 22.5. The highest BCUT2D eigenvalue weighted by Crippen LogP contribution is 2.32. The molecule has 0 N–H and O–H groups in total. The second-order valence-electron chi connectivity index (χ2n) is 8.15. The van der Waals surface area contributed by atoms with Gasteiger partial charge in [-0.15, -0.1) is 11.8 Å². The number of benzene rings is 2. The van der Waals surface area contributed by atoms with Crippen molar-refractivity contribution in [3.05, 3.63) is 53.1 Å². The van der Waals surface area contributed by atoms with Gasteiger partial charge in [-0.25, -0.2) is 4.98 Å². The van der Waals surface area contributed by atoms with Crippen LogP contribution < -0.4 is 4.90 Å². The van der Waals surface area contributed by atoms with E-state index in [-0.39, 0.29) is 5.91 Å². The molecule has 4 rings (SSSR count). The number of hydrogen-bond donors (Lipinski definition) is 0. The fourth-order valence-electron chi connectivity index (χ4n) is 4.05. The molecule has 3 aromatic rings. The number of aromatic nitrogens is 1. The number of anilines is 1. The van der Waals surface area contributed by atoms with E-state index in [1.165, 1.54) is 10.5 Å².